The molecule has 1 aliphatic rings. The molecule has 3 aromatic rings. The van der Waals surface area contributed by atoms with Crippen molar-refractivity contribution in [3.63, 3.8) is 0 Å². The van der Waals surface area contributed by atoms with Crippen molar-refractivity contribution in [2.24, 2.45) is 0 Å². The topological polar surface area (TPSA) is 110 Å². The summed E-state index contributed by atoms with van der Waals surface area (Å²) in [6, 6.07) is 11.4. The van der Waals surface area contributed by atoms with Crippen LogP contribution in [-0.4, -0.2) is 66.7 Å². The number of rotatable bonds is 9. The highest BCUT2D eigenvalue weighted by molar-refractivity contribution is 7.93. The smallest absolute Gasteiger partial charge is 0.270 e. The predicted octanol–water partition coefficient (Wildman–Crippen LogP) is 4.28. The molecule has 9 nitrogen and oxygen atoms in total. The van der Waals surface area contributed by atoms with Gasteiger partial charge in [-0.15, -0.1) is 0 Å². The van der Waals surface area contributed by atoms with Crippen molar-refractivity contribution in [3.8, 4) is 0 Å². The van der Waals surface area contributed by atoms with Crippen LogP contribution in [0.2, 0.25) is 0 Å². The SMILES string of the molecule is CCNc1cccnc1N(CC)C1CCN(C(=O)c2cc3cc(NS(=O)(=O)C(C)C)ccc3[nH]2)CC1. The number of hydrogen-bond donors (Lipinski definition) is 3. The van der Waals surface area contributed by atoms with E-state index in [1.807, 2.05) is 17.2 Å². The van der Waals surface area contributed by atoms with Crippen LogP contribution in [0.1, 0.15) is 51.0 Å². The summed E-state index contributed by atoms with van der Waals surface area (Å²) >= 11 is 0. The highest BCUT2D eigenvalue weighted by atomic mass is 32.2. The summed E-state index contributed by atoms with van der Waals surface area (Å²) in [5.74, 6) is 0.925. The second-order valence-electron chi connectivity index (χ2n) is 9.40. The van der Waals surface area contributed by atoms with E-state index in [0.717, 1.165) is 48.3 Å². The van der Waals surface area contributed by atoms with E-state index >= 15 is 0 Å². The number of nitrogens with zero attached hydrogens (tertiary/aromatic N) is 3. The first-order valence-electron chi connectivity index (χ1n) is 12.6. The highest BCUT2D eigenvalue weighted by Crippen LogP contribution is 2.29. The van der Waals surface area contributed by atoms with Crippen molar-refractivity contribution in [2.75, 3.05) is 41.1 Å². The summed E-state index contributed by atoms with van der Waals surface area (Å²) in [5, 5.41) is 3.66. The zero-order chi connectivity index (χ0) is 25.9. The lowest BCUT2D eigenvalue weighted by atomic mass is 10.0. The number of fused-ring (bicyclic) bond motifs is 1. The van der Waals surface area contributed by atoms with Gasteiger partial charge in [0, 0.05) is 55.0 Å². The number of carbonyl (C=O) groups is 1. The fourth-order valence-corrected chi connectivity index (χ4v) is 5.37. The zero-order valence-electron chi connectivity index (χ0n) is 21.4. The summed E-state index contributed by atoms with van der Waals surface area (Å²) in [7, 11) is -3.44. The molecule has 1 aliphatic heterocycles. The maximum atomic E-state index is 13.3. The molecule has 0 spiro atoms. The maximum Gasteiger partial charge on any atom is 0.270 e. The van der Waals surface area contributed by atoms with Crippen LogP contribution in [0.25, 0.3) is 10.9 Å². The van der Waals surface area contributed by atoms with Gasteiger partial charge in [0.25, 0.3) is 5.91 Å². The molecule has 0 atom stereocenters. The number of carbonyl (C=O) groups excluding carboxylic acids is 1. The second-order valence-corrected chi connectivity index (χ2v) is 11.6. The normalized spacial score (nSPS) is 14.9. The first-order chi connectivity index (χ1) is 17.2. The van der Waals surface area contributed by atoms with E-state index in [2.05, 4.69) is 44.8 Å². The number of hydrogen-bond acceptors (Lipinski definition) is 6. The second kappa shape index (κ2) is 10.8. The third kappa shape index (κ3) is 5.43. The lowest BCUT2D eigenvalue weighted by Crippen LogP contribution is -2.47. The Morgan fingerprint density at radius 1 is 1.19 bits per heavy atom. The number of aromatic nitrogens is 2. The van der Waals surface area contributed by atoms with Crippen molar-refractivity contribution in [2.45, 2.75) is 51.8 Å². The van der Waals surface area contributed by atoms with Crippen LogP contribution in [0.15, 0.2) is 42.6 Å². The molecule has 0 radical (unpaired) electrons. The minimum atomic E-state index is -3.44. The lowest BCUT2D eigenvalue weighted by Gasteiger charge is -2.39. The number of sulfonamides is 1. The molecule has 0 saturated carbocycles. The van der Waals surface area contributed by atoms with Crippen LogP contribution >= 0.6 is 0 Å². The minimum Gasteiger partial charge on any atom is -0.382 e. The number of benzene rings is 1. The molecule has 1 fully saturated rings. The Hall–Kier alpha value is -3.27. The lowest BCUT2D eigenvalue weighted by molar-refractivity contribution is 0.0707. The Morgan fingerprint density at radius 2 is 1.94 bits per heavy atom. The van der Waals surface area contributed by atoms with Crippen LogP contribution in [0.3, 0.4) is 0 Å². The van der Waals surface area contributed by atoms with Crippen molar-refractivity contribution < 1.29 is 13.2 Å². The molecule has 1 amide bonds. The van der Waals surface area contributed by atoms with Crippen molar-refractivity contribution in [1.29, 1.82) is 0 Å². The van der Waals surface area contributed by atoms with E-state index in [4.69, 9.17) is 0 Å². The van der Waals surface area contributed by atoms with Gasteiger partial charge in [-0.2, -0.15) is 0 Å². The summed E-state index contributed by atoms with van der Waals surface area (Å²) in [5.41, 5.74) is 2.83. The Morgan fingerprint density at radius 3 is 2.61 bits per heavy atom. The largest absolute Gasteiger partial charge is 0.382 e. The molecule has 4 rings (SSSR count). The van der Waals surface area contributed by atoms with E-state index in [1.165, 1.54) is 0 Å². The zero-order valence-corrected chi connectivity index (χ0v) is 22.2. The molecular weight excluding hydrogens is 476 g/mol. The summed E-state index contributed by atoms with van der Waals surface area (Å²) in [6.07, 6.45) is 3.55. The van der Waals surface area contributed by atoms with E-state index < -0.39 is 15.3 Å². The van der Waals surface area contributed by atoms with E-state index in [0.29, 0.717) is 30.5 Å². The average molecular weight is 513 g/mol. The van der Waals surface area contributed by atoms with Gasteiger partial charge in [-0.3, -0.25) is 9.52 Å². The van der Waals surface area contributed by atoms with Crippen LogP contribution in [0.5, 0.6) is 0 Å². The fourth-order valence-electron chi connectivity index (χ4n) is 4.68. The average Bonchev–Trinajstić information content (AvgIpc) is 3.29. The summed E-state index contributed by atoms with van der Waals surface area (Å²) in [6.45, 7) is 10.5. The summed E-state index contributed by atoms with van der Waals surface area (Å²) < 4.78 is 27.0. The van der Waals surface area contributed by atoms with Crippen LogP contribution in [0.4, 0.5) is 17.2 Å². The highest BCUT2D eigenvalue weighted by Gasteiger charge is 2.29. The quantitative estimate of drug-likeness (QED) is 0.395. The van der Waals surface area contributed by atoms with E-state index in [-0.39, 0.29) is 5.91 Å². The van der Waals surface area contributed by atoms with Crippen LogP contribution in [-0.2, 0) is 10.0 Å². The third-order valence-electron chi connectivity index (χ3n) is 6.69. The molecule has 2 aromatic heterocycles. The molecule has 0 bridgehead atoms. The number of piperidine rings is 1. The van der Waals surface area contributed by atoms with Crippen molar-refractivity contribution >= 4 is 44.0 Å². The van der Waals surface area contributed by atoms with Gasteiger partial charge >= 0.3 is 0 Å². The van der Waals surface area contributed by atoms with Gasteiger partial charge in [0.15, 0.2) is 5.82 Å². The van der Waals surface area contributed by atoms with Crippen molar-refractivity contribution in [3.05, 3.63) is 48.3 Å². The monoisotopic (exact) mass is 512 g/mol. The Labute approximate surface area is 213 Å². The Balaban J connectivity index is 1.44. The molecular formula is C26H36N6O3S. The van der Waals surface area contributed by atoms with Gasteiger partial charge in [0.05, 0.1) is 10.9 Å². The number of aromatic amines is 1. The first kappa shape index (κ1) is 25.8. The number of likely N-dealkylation sites (tertiary alicyclic amines) is 1. The minimum absolute atomic E-state index is 0.0387. The van der Waals surface area contributed by atoms with Gasteiger partial charge in [0.2, 0.25) is 10.0 Å². The Kier molecular flexibility index (Phi) is 7.73. The van der Waals surface area contributed by atoms with E-state index in [1.54, 1.807) is 38.1 Å². The molecule has 3 N–H and O–H groups in total. The maximum absolute atomic E-state index is 13.3. The molecule has 0 aliphatic carbocycles. The molecule has 36 heavy (non-hydrogen) atoms. The number of pyridine rings is 1. The fraction of sp³-hybridized carbons (Fsp3) is 0.462. The van der Waals surface area contributed by atoms with E-state index in [9.17, 15) is 13.2 Å². The Bertz CT molecular complexity index is 1310. The van der Waals surface area contributed by atoms with Gasteiger partial charge < -0.3 is 20.1 Å². The van der Waals surface area contributed by atoms with Crippen molar-refractivity contribution in [1.82, 2.24) is 14.9 Å². The van der Waals surface area contributed by atoms with Crippen LogP contribution < -0.4 is 14.9 Å². The first-order valence-corrected chi connectivity index (χ1v) is 14.2. The van der Waals surface area contributed by atoms with Gasteiger partial charge in [0.1, 0.15) is 5.69 Å². The molecule has 1 aromatic carbocycles. The molecule has 1 saturated heterocycles. The molecule has 194 valence electrons. The van der Waals surface area contributed by atoms with Gasteiger partial charge in [-0.05, 0) is 76.9 Å². The predicted molar refractivity (Wildman–Crippen MR) is 146 cm³/mol. The molecule has 3 heterocycles. The standard InChI is InChI=1S/C26H36N6O3S/c1-5-27-23-8-7-13-28-25(23)32(6-2)21-11-14-31(15-12-21)26(33)24-17-19-16-20(9-10-22(19)29-24)30-36(34,35)18(3)4/h7-10,13,16-18,21,27,29-30H,5-6,11-12,14-15H2,1-4H3. The number of H-pyrrole nitrogens is 1. The van der Waals surface area contributed by atoms with Crippen LogP contribution in [0, 0.1) is 0 Å². The number of amides is 1. The summed E-state index contributed by atoms with van der Waals surface area (Å²) in [4.78, 5) is 25.3. The number of anilines is 3. The number of nitrogens with one attached hydrogen (secondary N) is 3. The van der Waals surface area contributed by atoms with Gasteiger partial charge in [-0.25, -0.2) is 13.4 Å². The van der Waals surface area contributed by atoms with Gasteiger partial charge in [-0.1, -0.05) is 0 Å². The molecule has 0 unspecified atom stereocenters. The third-order valence-corrected chi connectivity index (χ3v) is 8.45. The molecule has 10 heteroatoms.